The van der Waals surface area contributed by atoms with Gasteiger partial charge < -0.3 is 5.32 Å². The summed E-state index contributed by atoms with van der Waals surface area (Å²) in [4.78, 5) is 4.06. The smallest absolute Gasteiger partial charge is 0.323 e. The second-order valence-corrected chi connectivity index (χ2v) is 7.58. The molecule has 0 aliphatic rings. The molecule has 1 aromatic heterocycles. The molecule has 0 saturated heterocycles. The Morgan fingerprint density at radius 3 is 2.45 bits per heavy atom. The number of aromatic nitrogens is 3. The second kappa shape index (κ2) is 8.06. The Labute approximate surface area is 172 Å². The van der Waals surface area contributed by atoms with Crippen LogP contribution in [0.2, 0.25) is 5.02 Å². The topological polar surface area (TPSA) is 53.6 Å². The summed E-state index contributed by atoms with van der Waals surface area (Å²) in [6.07, 6.45) is -3.76. The molecule has 2 aromatic carbocycles. The molecule has 0 saturated carbocycles. The normalized spacial score (nSPS) is 11.9. The number of nitrogens with one attached hydrogen (secondary N) is 2. The quantitative estimate of drug-likeness (QED) is 0.471. The number of benzene rings is 2. The number of aromatic amines is 1. The van der Waals surface area contributed by atoms with Crippen molar-refractivity contribution in [1.29, 1.82) is 0 Å². The van der Waals surface area contributed by atoms with Gasteiger partial charge in [0, 0.05) is 11.3 Å². The molecule has 3 aromatic rings. The van der Waals surface area contributed by atoms with Crippen molar-refractivity contribution < 1.29 is 13.2 Å². The Morgan fingerprint density at radius 1 is 1.17 bits per heavy atom. The summed E-state index contributed by atoms with van der Waals surface area (Å²) >= 11 is 6.36. The SMILES string of the molecule is CCc1ccc(-c2c(Cl)cc(Nc3n[nH]c(C)n3)cc2C(F)(F)F)cc1C(C)C. The van der Waals surface area contributed by atoms with Crippen molar-refractivity contribution in [2.45, 2.75) is 46.2 Å². The monoisotopic (exact) mass is 422 g/mol. The fourth-order valence-corrected chi connectivity index (χ4v) is 3.66. The molecule has 154 valence electrons. The predicted octanol–water partition coefficient (Wildman–Crippen LogP) is 6.88. The third-order valence-electron chi connectivity index (χ3n) is 4.69. The number of alkyl halides is 3. The van der Waals surface area contributed by atoms with Gasteiger partial charge in [-0.25, -0.2) is 0 Å². The van der Waals surface area contributed by atoms with E-state index >= 15 is 0 Å². The predicted molar refractivity (Wildman–Crippen MR) is 110 cm³/mol. The van der Waals surface area contributed by atoms with Gasteiger partial charge in [0.25, 0.3) is 0 Å². The average Bonchev–Trinajstić information content (AvgIpc) is 3.04. The Hall–Kier alpha value is -2.54. The molecule has 1 heterocycles. The van der Waals surface area contributed by atoms with Crippen molar-refractivity contribution in [1.82, 2.24) is 15.2 Å². The maximum Gasteiger partial charge on any atom is 0.417 e. The van der Waals surface area contributed by atoms with Gasteiger partial charge in [0.05, 0.1) is 10.6 Å². The van der Waals surface area contributed by atoms with E-state index in [1.165, 1.54) is 6.07 Å². The summed E-state index contributed by atoms with van der Waals surface area (Å²) in [6, 6.07) is 7.89. The number of nitrogens with zero attached hydrogens (tertiary/aromatic N) is 2. The van der Waals surface area contributed by atoms with Crippen molar-refractivity contribution >= 4 is 23.2 Å². The number of hydrogen-bond acceptors (Lipinski definition) is 3. The lowest BCUT2D eigenvalue weighted by atomic mass is 9.90. The van der Waals surface area contributed by atoms with Gasteiger partial charge in [0.15, 0.2) is 0 Å². The molecule has 8 heteroatoms. The zero-order valence-corrected chi connectivity index (χ0v) is 17.3. The highest BCUT2D eigenvalue weighted by Crippen LogP contribution is 2.44. The van der Waals surface area contributed by atoms with Gasteiger partial charge in [0.1, 0.15) is 5.82 Å². The molecule has 0 fully saturated rings. The van der Waals surface area contributed by atoms with E-state index in [9.17, 15) is 13.2 Å². The summed E-state index contributed by atoms with van der Waals surface area (Å²) in [7, 11) is 0. The highest BCUT2D eigenvalue weighted by molar-refractivity contribution is 6.34. The number of anilines is 2. The first-order chi connectivity index (χ1) is 13.6. The molecular formula is C21H22ClF3N4. The molecule has 0 atom stereocenters. The average molecular weight is 423 g/mol. The van der Waals surface area contributed by atoms with Crippen LogP contribution in [0, 0.1) is 6.92 Å². The standard InChI is InChI=1S/C21H22ClF3N4/c1-5-13-6-7-14(8-16(13)11(2)3)19-17(21(23,24)25)9-15(10-18(19)22)27-20-26-12(4)28-29-20/h6-11H,5H2,1-4H3,(H2,26,27,28,29). The van der Waals surface area contributed by atoms with Crippen LogP contribution in [0.4, 0.5) is 24.8 Å². The van der Waals surface area contributed by atoms with E-state index in [1.54, 1.807) is 13.0 Å². The van der Waals surface area contributed by atoms with Crippen LogP contribution in [0.25, 0.3) is 11.1 Å². The van der Waals surface area contributed by atoms with Crippen LogP contribution < -0.4 is 5.32 Å². The molecule has 0 aliphatic heterocycles. The molecule has 2 N–H and O–H groups in total. The van der Waals surface area contributed by atoms with Crippen molar-refractivity contribution in [3.05, 3.63) is 57.9 Å². The maximum absolute atomic E-state index is 13.9. The van der Waals surface area contributed by atoms with E-state index in [0.29, 0.717) is 11.4 Å². The first-order valence-electron chi connectivity index (χ1n) is 9.30. The van der Waals surface area contributed by atoms with E-state index in [-0.39, 0.29) is 28.1 Å². The lowest BCUT2D eigenvalue weighted by Gasteiger charge is -2.19. The molecule has 29 heavy (non-hydrogen) atoms. The van der Waals surface area contributed by atoms with Gasteiger partial charge in [-0.1, -0.05) is 50.6 Å². The summed E-state index contributed by atoms with van der Waals surface area (Å²) in [5.41, 5.74) is 1.92. The van der Waals surface area contributed by atoms with Crippen molar-refractivity contribution in [3.8, 4) is 11.1 Å². The summed E-state index contributed by atoms with van der Waals surface area (Å²) in [6.45, 7) is 7.77. The number of H-pyrrole nitrogens is 1. The highest BCUT2D eigenvalue weighted by atomic mass is 35.5. The fraction of sp³-hybridized carbons (Fsp3) is 0.333. The van der Waals surface area contributed by atoms with Crippen molar-refractivity contribution in [2.24, 2.45) is 0 Å². The number of aryl methyl sites for hydroxylation is 2. The first kappa shape index (κ1) is 21.2. The lowest BCUT2D eigenvalue weighted by molar-refractivity contribution is -0.137. The largest absolute Gasteiger partial charge is 0.417 e. The number of rotatable bonds is 5. The molecule has 0 bridgehead atoms. The molecular weight excluding hydrogens is 401 g/mol. The van der Waals surface area contributed by atoms with Crippen LogP contribution in [-0.4, -0.2) is 15.2 Å². The summed E-state index contributed by atoms with van der Waals surface area (Å²) < 4.78 is 41.8. The molecule has 0 spiro atoms. The molecule has 4 nitrogen and oxygen atoms in total. The molecule has 3 rings (SSSR count). The Morgan fingerprint density at radius 2 is 1.90 bits per heavy atom. The van der Waals surface area contributed by atoms with Crippen LogP contribution in [-0.2, 0) is 12.6 Å². The lowest BCUT2D eigenvalue weighted by Crippen LogP contribution is -2.09. The zero-order valence-electron chi connectivity index (χ0n) is 16.6. The maximum atomic E-state index is 13.9. The van der Waals surface area contributed by atoms with Crippen molar-refractivity contribution in [3.63, 3.8) is 0 Å². The van der Waals surface area contributed by atoms with Gasteiger partial charge in [-0.05, 0) is 48.1 Å². The van der Waals surface area contributed by atoms with Gasteiger partial charge in [-0.2, -0.15) is 18.2 Å². The number of hydrogen-bond donors (Lipinski definition) is 2. The van der Waals surface area contributed by atoms with Crippen LogP contribution in [0.5, 0.6) is 0 Å². The first-order valence-corrected chi connectivity index (χ1v) is 9.68. The Kier molecular flexibility index (Phi) is 5.89. The zero-order chi connectivity index (χ0) is 21.3. The van der Waals surface area contributed by atoms with Gasteiger partial charge in [0.2, 0.25) is 5.95 Å². The summed E-state index contributed by atoms with van der Waals surface area (Å²) in [5.74, 6) is 0.908. The Bertz CT molecular complexity index is 1030. The van der Waals surface area contributed by atoms with E-state index in [0.717, 1.165) is 23.6 Å². The fourth-order valence-electron chi connectivity index (χ4n) is 3.33. The van der Waals surface area contributed by atoms with E-state index in [2.05, 4.69) is 20.5 Å². The molecule has 0 amide bonds. The minimum absolute atomic E-state index is 0.00790. The molecule has 0 unspecified atom stereocenters. The third-order valence-corrected chi connectivity index (χ3v) is 4.98. The van der Waals surface area contributed by atoms with Crippen LogP contribution in [0.3, 0.4) is 0 Å². The van der Waals surface area contributed by atoms with Gasteiger partial charge >= 0.3 is 6.18 Å². The van der Waals surface area contributed by atoms with Crippen LogP contribution in [0.15, 0.2) is 30.3 Å². The minimum Gasteiger partial charge on any atom is -0.323 e. The van der Waals surface area contributed by atoms with Crippen LogP contribution >= 0.6 is 11.6 Å². The van der Waals surface area contributed by atoms with Crippen LogP contribution in [0.1, 0.15) is 49.2 Å². The van der Waals surface area contributed by atoms with E-state index in [4.69, 9.17) is 11.6 Å². The minimum atomic E-state index is -4.58. The van der Waals surface area contributed by atoms with E-state index in [1.807, 2.05) is 32.9 Å². The third kappa shape index (κ3) is 4.56. The van der Waals surface area contributed by atoms with Gasteiger partial charge in [-0.3, -0.25) is 5.10 Å². The molecule has 0 aliphatic carbocycles. The Balaban J connectivity index is 2.15. The van der Waals surface area contributed by atoms with Gasteiger partial charge in [-0.15, -0.1) is 5.10 Å². The molecule has 0 radical (unpaired) electrons. The van der Waals surface area contributed by atoms with E-state index < -0.39 is 11.7 Å². The highest BCUT2D eigenvalue weighted by Gasteiger charge is 2.35. The summed E-state index contributed by atoms with van der Waals surface area (Å²) in [5, 5.41) is 9.30. The second-order valence-electron chi connectivity index (χ2n) is 7.17. The number of halogens is 4. The van der Waals surface area contributed by atoms with Crippen molar-refractivity contribution in [2.75, 3.05) is 5.32 Å².